The van der Waals surface area contributed by atoms with Crippen molar-refractivity contribution in [2.45, 2.75) is 13.0 Å². The number of hydrogen-bond donors (Lipinski definition) is 2. The molecule has 1 aromatic heterocycles. The van der Waals surface area contributed by atoms with E-state index in [4.69, 9.17) is 9.47 Å². The van der Waals surface area contributed by atoms with Crippen LogP contribution in [0.2, 0.25) is 0 Å². The van der Waals surface area contributed by atoms with Gasteiger partial charge in [-0.3, -0.25) is 4.98 Å². The zero-order valence-corrected chi connectivity index (χ0v) is 19.0. The van der Waals surface area contributed by atoms with Gasteiger partial charge in [-0.1, -0.05) is 42.5 Å². The van der Waals surface area contributed by atoms with Crippen molar-refractivity contribution >= 4 is 11.7 Å². The quantitative estimate of drug-likeness (QED) is 0.341. The number of nitrogens with zero attached hydrogens (tertiary/aromatic N) is 1. The lowest BCUT2D eigenvalue weighted by Crippen LogP contribution is -2.28. The van der Waals surface area contributed by atoms with Crippen molar-refractivity contribution in [2.24, 2.45) is 0 Å². The third kappa shape index (κ3) is 6.36. The van der Waals surface area contributed by atoms with E-state index in [2.05, 4.69) is 33.8 Å². The molecule has 0 radical (unpaired) electrons. The third-order valence-electron chi connectivity index (χ3n) is 5.33. The Morgan fingerprint density at radius 2 is 1.76 bits per heavy atom. The van der Waals surface area contributed by atoms with Gasteiger partial charge in [0, 0.05) is 31.0 Å². The number of nitrogens with one attached hydrogen (secondary N) is 2. The maximum Gasteiger partial charge on any atom is 0.319 e. The Morgan fingerprint density at radius 1 is 0.912 bits per heavy atom. The van der Waals surface area contributed by atoms with Crippen LogP contribution in [0.25, 0.3) is 11.1 Å². The first kappa shape index (κ1) is 22.9. The fraction of sp³-hybridized carbons (Fsp3) is 0.143. The number of urea groups is 1. The topological polar surface area (TPSA) is 72.5 Å². The Labute approximate surface area is 199 Å². The number of amides is 2. The molecule has 0 unspecified atom stereocenters. The average Bonchev–Trinajstić information content (AvgIpc) is 2.89. The Balaban J connectivity index is 1.28. The van der Waals surface area contributed by atoms with Gasteiger partial charge in [0.2, 0.25) is 0 Å². The molecular formula is C28H27N3O3. The highest BCUT2D eigenvalue weighted by Crippen LogP contribution is 2.27. The summed E-state index contributed by atoms with van der Waals surface area (Å²) in [5.41, 5.74) is 5.13. The standard InChI is InChI=1S/C28H27N3O3/c1-33-26-9-4-8-23(18-26)27-10-3-2-7-22(27)15-17-34-25-13-11-24(12-14-25)31-28(32)30-20-21-6-5-16-29-19-21/h2-14,16,18-19H,15,17,20H2,1H3,(H2,30,31,32). The summed E-state index contributed by atoms with van der Waals surface area (Å²) in [6.45, 7) is 0.956. The van der Waals surface area contributed by atoms with Crippen molar-refractivity contribution in [1.29, 1.82) is 0 Å². The van der Waals surface area contributed by atoms with Crippen LogP contribution in [0, 0.1) is 0 Å². The maximum atomic E-state index is 12.1. The van der Waals surface area contributed by atoms with Crippen LogP contribution >= 0.6 is 0 Å². The van der Waals surface area contributed by atoms with Crippen molar-refractivity contribution in [2.75, 3.05) is 19.0 Å². The van der Waals surface area contributed by atoms with Crippen LogP contribution in [0.15, 0.2) is 97.3 Å². The van der Waals surface area contributed by atoms with Crippen molar-refractivity contribution in [3.63, 3.8) is 0 Å². The highest BCUT2D eigenvalue weighted by Gasteiger charge is 2.07. The number of pyridine rings is 1. The Kier molecular flexibility index (Phi) is 7.74. The molecule has 3 aromatic carbocycles. The second kappa shape index (κ2) is 11.5. The summed E-state index contributed by atoms with van der Waals surface area (Å²) in [5, 5.41) is 5.63. The number of anilines is 1. The summed E-state index contributed by atoms with van der Waals surface area (Å²) in [5.74, 6) is 1.59. The molecule has 0 atom stereocenters. The van der Waals surface area contributed by atoms with E-state index in [9.17, 15) is 4.79 Å². The van der Waals surface area contributed by atoms with Crippen molar-refractivity contribution in [3.05, 3.63) is 108 Å². The minimum atomic E-state index is -0.272. The van der Waals surface area contributed by atoms with E-state index in [1.165, 1.54) is 11.1 Å². The normalized spacial score (nSPS) is 10.4. The first-order valence-electron chi connectivity index (χ1n) is 11.1. The summed E-state index contributed by atoms with van der Waals surface area (Å²) in [6.07, 6.45) is 4.19. The number of aromatic nitrogens is 1. The van der Waals surface area contributed by atoms with Crippen LogP contribution in [0.4, 0.5) is 10.5 Å². The molecule has 4 rings (SSSR count). The summed E-state index contributed by atoms with van der Waals surface area (Å²) < 4.78 is 11.3. The molecule has 0 aliphatic rings. The van der Waals surface area contributed by atoms with Crippen LogP contribution in [0.3, 0.4) is 0 Å². The highest BCUT2D eigenvalue weighted by molar-refractivity contribution is 5.89. The summed E-state index contributed by atoms with van der Waals surface area (Å²) in [4.78, 5) is 16.1. The second-order valence-electron chi connectivity index (χ2n) is 7.68. The lowest BCUT2D eigenvalue weighted by molar-refractivity contribution is 0.251. The van der Waals surface area contributed by atoms with E-state index in [1.807, 2.05) is 66.7 Å². The molecule has 2 N–H and O–H groups in total. The smallest absolute Gasteiger partial charge is 0.319 e. The number of carbonyl (C=O) groups is 1. The largest absolute Gasteiger partial charge is 0.497 e. The van der Waals surface area contributed by atoms with Crippen LogP contribution < -0.4 is 20.1 Å². The molecule has 1 heterocycles. The fourth-order valence-electron chi connectivity index (χ4n) is 3.58. The molecule has 172 valence electrons. The number of rotatable bonds is 9. The van der Waals surface area contributed by atoms with Crippen molar-refractivity contribution in [1.82, 2.24) is 10.3 Å². The highest BCUT2D eigenvalue weighted by atomic mass is 16.5. The second-order valence-corrected chi connectivity index (χ2v) is 7.68. The predicted molar refractivity (Wildman–Crippen MR) is 134 cm³/mol. The van der Waals surface area contributed by atoms with E-state index in [-0.39, 0.29) is 6.03 Å². The molecule has 0 saturated carbocycles. The van der Waals surface area contributed by atoms with E-state index >= 15 is 0 Å². The molecule has 0 bridgehead atoms. The molecule has 2 amide bonds. The zero-order chi connectivity index (χ0) is 23.6. The molecule has 0 saturated heterocycles. The summed E-state index contributed by atoms with van der Waals surface area (Å²) in [6, 6.07) is 27.2. The van der Waals surface area contributed by atoms with E-state index < -0.39 is 0 Å². The first-order valence-corrected chi connectivity index (χ1v) is 11.1. The third-order valence-corrected chi connectivity index (χ3v) is 5.33. The maximum absolute atomic E-state index is 12.1. The minimum absolute atomic E-state index is 0.272. The SMILES string of the molecule is COc1cccc(-c2ccccc2CCOc2ccc(NC(=O)NCc3cccnc3)cc2)c1. The van der Waals surface area contributed by atoms with Gasteiger partial charge < -0.3 is 20.1 Å². The van der Waals surface area contributed by atoms with Crippen molar-refractivity contribution in [3.8, 4) is 22.6 Å². The molecule has 34 heavy (non-hydrogen) atoms. The van der Waals surface area contributed by atoms with Gasteiger partial charge in [0.15, 0.2) is 0 Å². The van der Waals surface area contributed by atoms with Gasteiger partial charge in [-0.15, -0.1) is 0 Å². The molecule has 6 nitrogen and oxygen atoms in total. The van der Waals surface area contributed by atoms with Gasteiger partial charge in [-0.2, -0.15) is 0 Å². The van der Waals surface area contributed by atoms with Crippen LogP contribution in [0.1, 0.15) is 11.1 Å². The molecule has 0 fully saturated rings. The average molecular weight is 454 g/mol. The van der Waals surface area contributed by atoms with Crippen LogP contribution in [-0.2, 0) is 13.0 Å². The first-order chi connectivity index (χ1) is 16.7. The number of methoxy groups -OCH3 is 1. The van der Waals surface area contributed by atoms with Gasteiger partial charge in [-0.25, -0.2) is 4.79 Å². The monoisotopic (exact) mass is 453 g/mol. The van der Waals surface area contributed by atoms with E-state index in [0.717, 1.165) is 29.0 Å². The molecule has 0 aliphatic carbocycles. The van der Waals surface area contributed by atoms with Gasteiger partial charge in [0.1, 0.15) is 11.5 Å². The Morgan fingerprint density at radius 3 is 2.56 bits per heavy atom. The number of carbonyl (C=O) groups excluding carboxylic acids is 1. The minimum Gasteiger partial charge on any atom is -0.497 e. The van der Waals surface area contributed by atoms with E-state index in [0.29, 0.717) is 18.8 Å². The van der Waals surface area contributed by atoms with Crippen LogP contribution in [0.5, 0.6) is 11.5 Å². The van der Waals surface area contributed by atoms with E-state index in [1.54, 1.807) is 19.5 Å². The van der Waals surface area contributed by atoms with Gasteiger partial charge in [0.25, 0.3) is 0 Å². The fourth-order valence-corrected chi connectivity index (χ4v) is 3.58. The van der Waals surface area contributed by atoms with Gasteiger partial charge >= 0.3 is 6.03 Å². The molecular weight excluding hydrogens is 426 g/mol. The summed E-state index contributed by atoms with van der Waals surface area (Å²) >= 11 is 0. The number of benzene rings is 3. The molecule has 6 heteroatoms. The van der Waals surface area contributed by atoms with Gasteiger partial charge in [0.05, 0.1) is 13.7 Å². The molecule has 4 aromatic rings. The Hall–Kier alpha value is -4.32. The summed E-state index contributed by atoms with van der Waals surface area (Å²) in [7, 11) is 1.68. The lowest BCUT2D eigenvalue weighted by atomic mass is 9.98. The van der Waals surface area contributed by atoms with Gasteiger partial charge in [-0.05, 0) is 64.7 Å². The Bertz CT molecular complexity index is 1210. The zero-order valence-electron chi connectivity index (χ0n) is 19.0. The predicted octanol–water partition coefficient (Wildman–Crippen LogP) is 5.70. The lowest BCUT2D eigenvalue weighted by Gasteiger charge is -2.12. The van der Waals surface area contributed by atoms with Crippen LogP contribution in [-0.4, -0.2) is 24.7 Å². The number of ether oxygens (including phenoxy) is 2. The molecule has 0 aliphatic heterocycles. The number of hydrogen-bond acceptors (Lipinski definition) is 4. The van der Waals surface area contributed by atoms with Crippen molar-refractivity contribution < 1.29 is 14.3 Å². The molecule has 0 spiro atoms.